The maximum absolute atomic E-state index is 12.9. The van der Waals surface area contributed by atoms with Gasteiger partial charge in [0.05, 0.1) is 6.61 Å². The monoisotopic (exact) mass is 364 g/mol. The maximum Gasteiger partial charge on any atom is 0.123 e. The van der Waals surface area contributed by atoms with Crippen molar-refractivity contribution in [2.45, 2.75) is 51.9 Å². The van der Waals surface area contributed by atoms with Gasteiger partial charge in [0.25, 0.3) is 0 Å². The van der Waals surface area contributed by atoms with Gasteiger partial charge in [0.2, 0.25) is 0 Å². The zero-order chi connectivity index (χ0) is 18.9. The van der Waals surface area contributed by atoms with E-state index >= 15 is 0 Å². The zero-order valence-corrected chi connectivity index (χ0v) is 16.2. The Morgan fingerprint density at radius 2 is 1.41 bits per heavy atom. The van der Waals surface area contributed by atoms with Crippen LogP contribution in [0, 0.1) is 29.5 Å². The van der Waals surface area contributed by atoms with Crippen LogP contribution in [-0.4, -0.2) is 6.61 Å². The van der Waals surface area contributed by atoms with Gasteiger partial charge in [0, 0.05) is 11.1 Å². The number of hydrogen-bond donors (Lipinski definition) is 0. The van der Waals surface area contributed by atoms with Crippen LogP contribution in [0.25, 0.3) is 0 Å². The highest BCUT2D eigenvalue weighted by Crippen LogP contribution is 2.32. The highest BCUT2D eigenvalue weighted by atomic mass is 19.1. The summed E-state index contributed by atoms with van der Waals surface area (Å²) in [4.78, 5) is 0. The zero-order valence-electron chi connectivity index (χ0n) is 16.2. The predicted molar refractivity (Wildman–Crippen MR) is 109 cm³/mol. The van der Waals surface area contributed by atoms with Crippen molar-refractivity contribution in [1.29, 1.82) is 0 Å². The first-order valence-corrected chi connectivity index (χ1v) is 10.2. The molecule has 0 bridgehead atoms. The van der Waals surface area contributed by atoms with Crippen molar-refractivity contribution in [2.24, 2.45) is 11.8 Å². The summed E-state index contributed by atoms with van der Waals surface area (Å²) in [5.74, 6) is 8.47. The lowest BCUT2D eigenvalue weighted by Gasteiger charge is -2.28. The minimum Gasteiger partial charge on any atom is -0.493 e. The Bertz CT molecular complexity index is 744. The summed E-state index contributed by atoms with van der Waals surface area (Å²) in [5, 5.41) is 0. The van der Waals surface area contributed by atoms with Crippen molar-refractivity contribution >= 4 is 0 Å². The van der Waals surface area contributed by atoms with Crippen LogP contribution in [0.2, 0.25) is 0 Å². The smallest absolute Gasteiger partial charge is 0.123 e. The van der Waals surface area contributed by atoms with Crippen LogP contribution >= 0.6 is 0 Å². The highest BCUT2D eigenvalue weighted by Gasteiger charge is 2.21. The maximum atomic E-state index is 12.9. The molecule has 1 saturated carbocycles. The van der Waals surface area contributed by atoms with E-state index in [9.17, 15) is 4.39 Å². The van der Waals surface area contributed by atoms with Crippen LogP contribution in [0.4, 0.5) is 4.39 Å². The third-order valence-corrected chi connectivity index (χ3v) is 5.47. The van der Waals surface area contributed by atoms with E-state index in [2.05, 4.69) is 18.8 Å². The fourth-order valence-corrected chi connectivity index (χ4v) is 3.71. The topological polar surface area (TPSA) is 9.23 Å². The quantitative estimate of drug-likeness (QED) is 0.525. The molecule has 0 radical (unpaired) electrons. The Morgan fingerprint density at radius 1 is 0.852 bits per heavy atom. The van der Waals surface area contributed by atoms with Crippen LogP contribution in [0.15, 0.2) is 48.5 Å². The fraction of sp³-hybridized carbons (Fsp3) is 0.440. The van der Waals surface area contributed by atoms with Gasteiger partial charge in [0.15, 0.2) is 0 Å². The van der Waals surface area contributed by atoms with Crippen LogP contribution < -0.4 is 4.74 Å². The molecule has 0 atom stereocenters. The molecule has 2 aromatic carbocycles. The highest BCUT2D eigenvalue weighted by molar-refractivity contribution is 5.44. The van der Waals surface area contributed by atoms with Gasteiger partial charge in [-0.25, -0.2) is 4.39 Å². The standard InChI is InChI=1S/C25H29FO/c1-2-3-4-20-7-9-23(10-8-20)19-27-25-17-13-22(14-18-25)6-5-21-11-15-24(26)16-12-21/h11-18,20,23H,2-4,7-10,19H2,1H3. The SMILES string of the molecule is CCCCC1CCC(COc2ccc(C#Cc3ccc(F)cc3)cc2)CC1. The molecule has 27 heavy (non-hydrogen) atoms. The van der Waals surface area contributed by atoms with E-state index in [1.54, 1.807) is 12.1 Å². The summed E-state index contributed by atoms with van der Waals surface area (Å²) in [7, 11) is 0. The van der Waals surface area contributed by atoms with Gasteiger partial charge in [-0.1, -0.05) is 50.9 Å². The summed E-state index contributed by atoms with van der Waals surface area (Å²) in [6.07, 6.45) is 9.43. The summed E-state index contributed by atoms with van der Waals surface area (Å²) < 4.78 is 18.9. The van der Waals surface area contributed by atoms with Crippen LogP contribution in [0.3, 0.4) is 0 Å². The predicted octanol–water partition coefficient (Wildman–Crippen LogP) is 6.60. The van der Waals surface area contributed by atoms with Crippen molar-refractivity contribution in [2.75, 3.05) is 6.61 Å². The number of halogens is 1. The molecule has 2 heteroatoms. The first kappa shape index (κ1) is 19.5. The molecule has 0 aromatic heterocycles. The minimum atomic E-state index is -0.239. The lowest BCUT2D eigenvalue weighted by molar-refractivity contribution is 0.178. The molecular formula is C25H29FO. The molecule has 0 spiro atoms. The van der Waals surface area contributed by atoms with E-state index in [1.807, 2.05) is 24.3 Å². The number of hydrogen-bond acceptors (Lipinski definition) is 1. The number of ether oxygens (including phenoxy) is 1. The Labute approximate surface area is 163 Å². The molecule has 0 saturated heterocycles. The molecule has 142 valence electrons. The molecule has 0 N–H and O–H groups in total. The van der Waals surface area contributed by atoms with Gasteiger partial charge in [-0.05, 0) is 73.2 Å². The lowest BCUT2D eigenvalue weighted by atomic mass is 9.80. The van der Waals surface area contributed by atoms with Gasteiger partial charge in [-0.15, -0.1) is 0 Å². The minimum absolute atomic E-state index is 0.239. The van der Waals surface area contributed by atoms with Crippen molar-refractivity contribution in [1.82, 2.24) is 0 Å². The normalized spacial score (nSPS) is 19.2. The second-order valence-corrected chi connectivity index (χ2v) is 7.62. The summed E-state index contributed by atoms with van der Waals surface area (Å²) in [6.45, 7) is 3.10. The Hall–Kier alpha value is -2.27. The van der Waals surface area contributed by atoms with E-state index in [0.29, 0.717) is 5.92 Å². The van der Waals surface area contributed by atoms with Gasteiger partial charge < -0.3 is 4.74 Å². The van der Waals surface area contributed by atoms with E-state index in [0.717, 1.165) is 29.4 Å². The van der Waals surface area contributed by atoms with Crippen molar-refractivity contribution < 1.29 is 9.13 Å². The van der Waals surface area contributed by atoms with Gasteiger partial charge in [-0.3, -0.25) is 0 Å². The van der Waals surface area contributed by atoms with E-state index in [4.69, 9.17) is 4.74 Å². The van der Waals surface area contributed by atoms with Crippen molar-refractivity contribution in [3.05, 3.63) is 65.5 Å². The third-order valence-electron chi connectivity index (χ3n) is 5.47. The second kappa shape index (κ2) is 10.2. The number of unbranched alkanes of at least 4 members (excludes halogenated alkanes) is 1. The molecule has 1 aliphatic carbocycles. The molecule has 2 aromatic rings. The second-order valence-electron chi connectivity index (χ2n) is 7.62. The van der Waals surface area contributed by atoms with Crippen molar-refractivity contribution in [3.63, 3.8) is 0 Å². The average Bonchev–Trinajstić information content (AvgIpc) is 2.72. The van der Waals surface area contributed by atoms with E-state index in [-0.39, 0.29) is 5.82 Å². The van der Waals surface area contributed by atoms with E-state index < -0.39 is 0 Å². The van der Waals surface area contributed by atoms with E-state index in [1.165, 1.54) is 57.1 Å². The van der Waals surface area contributed by atoms with Gasteiger partial charge >= 0.3 is 0 Å². The summed E-state index contributed by atoms with van der Waals surface area (Å²) in [5.41, 5.74) is 1.74. The lowest BCUT2D eigenvalue weighted by Crippen LogP contribution is -2.20. The average molecular weight is 365 g/mol. The van der Waals surface area contributed by atoms with Crippen LogP contribution in [0.5, 0.6) is 5.75 Å². The molecule has 1 nitrogen and oxygen atoms in total. The molecule has 1 fully saturated rings. The molecular weight excluding hydrogens is 335 g/mol. The number of benzene rings is 2. The van der Waals surface area contributed by atoms with Gasteiger partial charge in [-0.2, -0.15) is 0 Å². The first-order valence-electron chi connectivity index (χ1n) is 10.2. The fourth-order valence-electron chi connectivity index (χ4n) is 3.71. The third kappa shape index (κ3) is 6.43. The summed E-state index contributed by atoms with van der Waals surface area (Å²) in [6, 6.07) is 14.2. The first-order chi connectivity index (χ1) is 13.2. The Kier molecular flexibility index (Phi) is 7.34. The van der Waals surface area contributed by atoms with Crippen LogP contribution in [0.1, 0.15) is 63.0 Å². The molecule has 0 unspecified atom stereocenters. The van der Waals surface area contributed by atoms with Crippen LogP contribution in [-0.2, 0) is 0 Å². The Balaban J connectivity index is 1.44. The molecule has 1 aliphatic rings. The molecule has 0 aliphatic heterocycles. The Morgan fingerprint density at radius 3 is 2.00 bits per heavy atom. The largest absolute Gasteiger partial charge is 0.493 e. The molecule has 0 amide bonds. The molecule has 3 rings (SSSR count). The van der Waals surface area contributed by atoms with Crippen molar-refractivity contribution in [3.8, 4) is 17.6 Å². The van der Waals surface area contributed by atoms with Gasteiger partial charge in [0.1, 0.15) is 11.6 Å². The summed E-state index contributed by atoms with van der Waals surface area (Å²) >= 11 is 0. The molecule has 0 heterocycles. The number of rotatable bonds is 6.